The van der Waals surface area contributed by atoms with E-state index < -0.39 is 0 Å². The maximum absolute atomic E-state index is 12.9. The Kier molecular flexibility index (Phi) is 5.29. The third-order valence-electron chi connectivity index (χ3n) is 5.37. The van der Waals surface area contributed by atoms with Crippen molar-refractivity contribution in [1.29, 1.82) is 0 Å². The largest absolute Gasteiger partial charge is 0.445 e. The minimum Gasteiger partial charge on any atom is -0.445 e. The normalized spacial score (nSPS) is 15.3. The summed E-state index contributed by atoms with van der Waals surface area (Å²) in [7, 11) is 1.48. The van der Waals surface area contributed by atoms with Gasteiger partial charge in [-0.2, -0.15) is 0 Å². The first-order chi connectivity index (χ1) is 14.1. The summed E-state index contributed by atoms with van der Waals surface area (Å²) in [6.45, 7) is 3.25. The molecule has 1 amide bonds. The highest BCUT2D eigenvalue weighted by molar-refractivity contribution is 5.80. The van der Waals surface area contributed by atoms with Gasteiger partial charge in [-0.15, -0.1) is 4.73 Å². The van der Waals surface area contributed by atoms with Gasteiger partial charge in [0.2, 0.25) is 0 Å². The highest BCUT2D eigenvalue weighted by atomic mass is 16.7. The number of para-hydroxylation sites is 1. The van der Waals surface area contributed by atoms with E-state index in [9.17, 15) is 9.59 Å². The van der Waals surface area contributed by atoms with Crippen molar-refractivity contribution in [2.45, 2.75) is 39.0 Å². The smallest absolute Gasteiger partial charge is 0.410 e. The van der Waals surface area contributed by atoms with Gasteiger partial charge in [0.1, 0.15) is 19.2 Å². The molecule has 0 fully saturated rings. The van der Waals surface area contributed by atoms with Crippen LogP contribution in [0, 0.1) is 0 Å². The molecular formula is C22H25N3O4. The molecule has 0 N–H and O–H groups in total. The Morgan fingerprint density at radius 3 is 2.69 bits per heavy atom. The van der Waals surface area contributed by atoms with Crippen LogP contribution < -0.4 is 10.5 Å². The van der Waals surface area contributed by atoms with E-state index >= 15 is 0 Å². The molecule has 0 spiro atoms. The molecule has 1 aliphatic heterocycles. The Bertz CT molecular complexity index is 1070. The summed E-state index contributed by atoms with van der Waals surface area (Å²) >= 11 is 0. The lowest BCUT2D eigenvalue weighted by Gasteiger charge is -2.33. The SMILES string of the molecule is CCCN(C(=O)OCc1ccccc1)[C@@H]1Cc2cccc3c2n(c(=O)n3OC)C1. The van der Waals surface area contributed by atoms with Gasteiger partial charge in [-0.1, -0.05) is 49.4 Å². The molecule has 1 aliphatic rings. The van der Waals surface area contributed by atoms with Crippen LogP contribution in [0.25, 0.3) is 11.0 Å². The number of nitrogens with zero attached hydrogens (tertiary/aromatic N) is 3. The third kappa shape index (κ3) is 3.48. The van der Waals surface area contributed by atoms with Crippen LogP contribution in [0.1, 0.15) is 24.5 Å². The molecule has 3 aromatic rings. The fraction of sp³-hybridized carbons (Fsp3) is 0.364. The van der Waals surface area contributed by atoms with Gasteiger partial charge in [0.25, 0.3) is 0 Å². The number of aromatic nitrogens is 2. The van der Waals surface area contributed by atoms with Crippen LogP contribution in [-0.2, 0) is 24.3 Å². The lowest BCUT2D eigenvalue weighted by molar-refractivity contribution is 0.0751. The minimum absolute atomic E-state index is 0.151. The van der Waals surface area contributed by atoms with Crippen LogP contribution in [-0.4, -0.2) is 40.0 Å². The number of amides is 1. The zero-order valence-corrected chi connectivity index (χ0v) is 16.7. The molecule has 1 atom stereocenters. The standard InChI is InChI=1S/C22H25N3O4/c1-3-12-23(22(27)29-15-16-8-5-4-6-9-16)18-13-17-10-7-11-19-20(17)24(14-18)21(26)25(19)28-2/h4-11,18H,3,12-15H2,1-2H3/t18-/m1/s1. The van der Waals surface area contributed by atoms with Gasteiger partial charge in [-0.05, 0) is 30.0 Å². The minimum atomic E-state index is -0.351. The Labute approximate surface area is 169 Å². The number of hydrogen-bond donors (Lipinski definition) is 0. The Morgan fingerprint density at radius 1 is 1.17 bits per heavy atom. The van der Waals surface area contributed by atoms with Crippen LogP contribution in [0.4, 0.5) is 4.79 Å². The first-order valence-corrected chi connectivity index (χ1v) is 9.89. The van der Waals surface area contributed by atoms with E-state index in [-0.39, 0.29) is 24.4 Å². The summed E-state index contributed by atoms with van der Waals surface area (Å²) in [6.07, 6.45) is 1.13. The second-order valence-electron chi connectivity index (χ2n) is 7.25. The molecule has 0 bridgehead atoms. The number of benzene rings is 2. The first kappa shape index (κ1) is 19.1. The topological polar surface area (TPSA) is 65.7 Å². The number of hydrogen-bond acceptors (Lipinski definition) is 4. The van der Waals surface area contributed by atoms with Crippen molar-refractivity contribution in [2.24, 2.45) is 0 Å². The fourth-order valence-electron chi connectivity index (χ4n) is 4.08. The van der Waals surface area contributed by atoms with E-state index in [4.69, 9.17) is 9.57 Å². The predicted octanol–water partition coefficient (Wildman–Crippen LogP) is 2.83. The zero-order valence-electron chi connectivity index (χ0n) is 16.7. The number of ether oxygens (including phenoxy) is 1. The Balaban J connectivity index is 1.59. The van der Waals surface area contributed by atoms with E-state index in [2.05, 4.69) is 0 Å². The zero-order chi connectivity index (χ0) is 20.4. The Morgan fingerprint density at radius 2 is 1.97 bits per heavy atom. The molecule has 2 aromatic carbocycles. The van der Waals surface area contributed by atoms with Gasteiger partial charge in [0.05, 0.1) is 11.6 Å². The van der Waals surface area contributed by atoms with Crippen LogP contribution in [0.5, 0.6) is 0 Å². The second-order valence-corrected chi connectivity index (χ2v) is 7.25. The molecule has 0 aliphatic carbocycles. The quantitative estimate of drug-likeness (QED) is 0.644. The van der Waals surface area contributed by atoms with Crippen molar-refractivity contribution < 1.29 is 14.4 Å². The van der Waals surface area contributed by atoms with Crippen LogP contribution >= 0.6 is 0 Å². The highest BCUT2D eigenvalue weighted by Gasteiger charge is 2.32. The van der Waals surface area contributed by atoms with Crippen molar-refractivity contribution >= 4 is 17.1 Å². The predicted molar refractivity (Wildman–Crippen MR) is 110 cm³/mol. The van der Waals surface area contributed by atoms with Gasteiger partial charge < -0.3 is 14.5 Å². The molecule has 2 heterocycles. The first-order valence-electron chi connectivity index (χ1n) is 9.89. The molecular weight excluding hydrogens is 370 g/mol. The average molecular weight is 395 g/mol. The molecule has 29 heavy (non-hydrogen) atoms. The van der Waals surface area contributed by atoms with Crippen molar-refractivity contribution in [3.8, 4) is 0 Å². The van der Waals surface area contributed by atoms with Crippen molar-refractivity contribution in [2.75, 3.05) is 13.7 Å². The molecule has 4 rings (SSSR count). The number of imidazole rings is 1. The van der Waals surface area contributed by atoms with E-state index in [0.717, 1.165) is 28.6 Å². The van der Waals surface area contributed by atoms with E-state index in [1.54, 1.807) is 9.47 Å². The molecule has 7 heteroatoms. The maximum atomic E-state index is 12.9. The average Bonchev–Trinajstić information content (AvgIpc) is 3.03. The van der Waals surface area contributed by atoms with Crippen LogP contribution in [0.15, 0.2) is 53.3 Å². The molecule has 7 nitrogen and oxygen atoms in total. The molecule has 0 saturated carbocycles. The van der Waals surface area contributed by atoms with E-state index in [1.165, 1.54) is 11.8 Å². The summed E-state index contributed by atoms with van der Waals surface area (Å²) in [5.41, 5.74) is 3.38. The monoisotopic (exact) mass is 395 g/mol. The van der Waals surface area contributed by atoms with Crippen molar-refractivity contribution in [3.63, 3.8) is 0 Å². The number of carbonyl (C=O) groups is 1. The van der Waals surface area contributed by atoms with Crippen molar-refractivity contribution in [1.82, 2.24) is 14.2 Å². The molecule has 0 saturated heterocycles. The van der Waals surface area contributed by atoms with Crippen LogP contribution in [0.3, 0.4) is 0 Å². The lowest BCUT2D eigenvalue weighted by atomic mass is 9.99. The molecule has 0 unspecified atom stereocenters. The third-order valence-corrected chi connectivity index (χ3v) is 5.37. The van der Waals surface area contributed by atoms with Gasteiger partial charge in [0.15, 0.2) is 0 Å². The van der Waals surface area contributed by atoms with E-state index in [0.29, 0.717) is 19.5 Å². The van der Waals surface area contributed by atoms with Gasteiger partial charge in [0, 0.05) is 13.1 Å². The Hall–Kier alpha value is -3.22. The van der Waals surface area contributed by atoms with Gasteiger partial charge in [-0.3, -0.25) is 4.57 Å². The molecule has 0 radical (unpaired) electrons. The summed E-state index contributed by atoms with van der Waals surface area (Å²) in [5, 5.41) is 0. The van der Waals surface area contributed by atoms with E-state index in [1.807, 2.05) is 55.5 Å². The highest BCUT2D eigenvalue weighted by Crippen LogP contribution is 2.26. The fourth-order valence-corrected chi connectivity index (χ4v) is 4.08. The maximum Gasteiger partial charge on any atom is 0.410 e. The second kappa shape index (κ2) is 8.03. The lowest BCUT2D eigenvalue weighted by Crippen LogP contribution is -2.47. The summed E-state index contributed by atoms with van der Waals surface area (Å²) in [6, 6.07) is 15.3. The summed E-state index contributed by atoms with van der Waals surface area (Å²) in [5.74, 6) is 0. The summed E-state index contributed by atoms with van der Waals surface area (Å²) in [4.78, 5) is 32.7. The number of rotatable bonds is 6. The van der Waals surface area contributed by atoms with Crippen LogP contribution in [0.2, 0.25) is 0 Å². The molecule has 1 aromatic heterocycles. The van der Waals surface area contributed by atoms with Gasteiger partial charge >= 0.3 is 11.8 Å². The number of carbonyl (C=O) groups excluding carboxylic acids is 1. The molecule has 152 valence electrons. The van der Waals surface area contributed by atoms with Crippen molar-refractivity contribution in [3.05, 3.63) is 70.1 Å². The summed E-state index contributed by atoms with van der Waals surface area (Å²) < 4.78 is 8.59. The van der Waals surface area contributed by atoms with Gasteiger partial charge in [-0.25, -0.2) is 9.59 Å².